The number of rotatable bonds is 4. The Morgan fingerprint density at radius 1 is 0.434 bits per heavy atom. The van der Waals surface area contributed by atoms with Crippen molar-refractivity contribution >= 4 is 75.0 Å². The van der Waals surface area contributed by atoms with Gasteiger partial charge in [-0.15, -0.1) is 29.5 Å². The fourth-order valence-corrected chi connectivity index (χ4v) is 9.28. The zero-order chi connectivity index (χ0) is 34.2. The fraction of sp³-hybridized carbons (Fsp3) is 0. The Bertz CT molecular complexity index is 3110. The van der Waals surface area contributed by atoms with E-state index >= 15 is 0 Å². The number of benzene rings is 9. The summed E-state index contributed by atoms with van der Waals surface area (Å²) in [4.78, 5) is 0. The van der Waals surface area contributed by atoms with E-state index in [9.17, 15) is 0 Å². The Kier molecular flexibility index (Phi) is 7.85. The summed E-state index contributed by atoms with van der Waals surface area (Å²) in [7, 11) is 0. The van der Waals surface area contributed by atoms with E-state index in [1.165, 1.54) is 58.4 Å². The molecule has 0 unspecified atom stereocenters. The third-order valence-corrected chi connectivity index (χ3v) is 11.7. The molecule has 53 heavy (non-hydrogen) atoms. The second-order valence-electron chi connectivity index (χ2n) is 13.4. The van der Waals surface area contributed by atoms with Crippen LogP contribution in [0.25, 0.3) is 108 Å². The van der Waals surface area contributed by atoms with Crippen molar-refractivity contribution < 1.29 is 35.5 Å². The molecule has 0 aliphatic rings. The molecule has 9 aromatic carbocycles. The minimum atomic E-state index is 0. The van der Waals surface area contributed by atoms with Gasteiger partial charge in [0.1, 0.15) is 11.2 Å². The van der Waals surface area contributed by atoms with Crippen LogP contribution in [0.2, 0.25) is 0 Å². The van der Waals surface area contributed by atoms with Gasteiger partial charge in [0.2, 0.25) is 0 Å². The molecule has 0 saturated carbocycles. The van der Waals surface area contributed by atoms with Crippen LogP contribution in [0.5, 0.6) is 0 Å². The summed E-state index contributed by atoms with van der Waals surface area (Å²) >= 11 is 1.85. The molecule has 1 nitrogen and oxygen atoms in total. The van der Waals surface area contributed by atoms with Crippen LogP contribution in [0.15, 0.2) is 174 Å². The predicted octanol–water partition coefficient (Wildman–Crippen LogP) is 14.5. The van der Waals surface area contributed by atoms with Crippen LogP contribution < -0.4 is 0 Å². The molecule has 11 aromatic rings. The molecule has 0 atom stereocenters. The first-order valence-corrected chi connectivity index (χ1v) is 18.4. The van der Waals surface area contributed by atoms with E-state index in [1.807, 2.05) is 29.5 Å². The van der Waals surface area contributed by atoms with Gasteiger partial charge in [0.05, 0.1) is 0 Å². The van der Waals surface area contributed by atoms with Crippen LogP contribution in [0.4, 0.5) is 0 Å². The first-order valence-electron chi connectivity index (χ1n) is 17.6. The Balaban J connectivity index is 0.00000349. The molecule has 0 fully saturated rings. The van der Waals surface area contributed by atoms with Crippen molar-refractivity contribution in [2.24, 2.45) is 0 Å². The van der Waals surface area contributed by atoms with Gasteiger partial charge in [-0.05, 0) is 74.1 Å². The van der Waals surface area contributed by atoms with Crippen molar-refractivity contribution in [2.45, 2.75) is 0 Å². The molecular weight excluding hydrogens is 887 g/mol. The minimum absolute atomic E-state index is 0. The van der Waals surface area contributed by atoms with Gasteiger partial charge < -0.3 is 4.42 Å². The van der Waals surface area contributed by atoms with Crippen molar-refractivity contribution in [1.82, 2.24) is 0 Å². The van der Waals surface area contributed by atoms with Crippen molar-refractivity contribution in [3.05, 3.63) is 182 Å². The molecule has 0 aliphatic carbocycles. The molecule has 0 bridgehead atoms. The van der Waals surface area contributed by atoms with Crippen molar-refractivity contribution in [2.75, 3.05) is 0 Å². The van der Waals surface area contributed by atoms with E-state index in [4.69, 9.17) is 4.42 Å². The number of thiophene rings is 1. The van der Waals surface area contributed by atoms with Crippen LogP contribution in [-0.4, -0.2) is 0 Å². The maximum absolute atomic E-state index is 6.84. The van der Waals surface area contributed by atoms with Crippen LogP contribution >= 0.6 is 11.3 Å². The predicted molar refractivity (Wildman–Crippen MR) is 221 cm³/mol. The van der Waals surface area contributed by atoms with Gasteiger partial charge in [-0.3, -0.25) is 0 Å². The smallest absolute Gasteiger partial charge is 0.455 e. The number of hydrogen-bond donors (Lipinski definition) is 0. The van der Waals surface area contributed by atoms with Crippen LogP contribution in [0.3, 0.4) is 0 Å². The molecule has 0 amide bonds. The quantitative estimate of drug-likeness (QED) is 0.127. The summed E-state index contributed by atoms with van der Waals surface area (Å²) in [5.41, 5.74) is 10.9. The van der Waals surface area contributed by atoms with Crippen LogP contribution in [-0.2, 0) is 0 Å². The Labute approximate surface area is 334 Å². The van der Waals surface area contributed by atoms with Gasteiger partial charge in [-0.2, -0.15) is 36.4 Å². The summed E-state index contributed by atoms with van der Waals surface area (Å²) in [5, 5.41) is 9.69. The van der Waals surface area contributed by atoms with E-state index in [2.05, 4.69) is 164 Å². The molecule has 3 heteroatoms. The van der Waals surface area contributed by atoms with E-state index < -0.39 is 0 Å². The average Bonchev–Trinajstić information content (AvgIpc) is 3.79. The van der Waals surface area contributed by atoms with Gasteiger partial charge >= 0.3 is 31.1 Å². The largest absolute Gasteiger partial charge is 2.00 e. The molecule has 0 aliphatic heterocycles. The first-order chi connectivity index (χ1) is 25.8. The SMILES string of the molecule is [U+2].[c-]1ccccc1-c1[c-]cc(-c2c3ccccc3c(-c3ccc(-c4ccc5sc6ccccc6c5c4)c4oc5ccccc5c34)c3ccccc23)cc1. The second-order valence-corrected chi connectivity index (χ2v) is 14.5. The third-order valence-electron chi connectivity index (χ3n) is 10.5. The molecule has 0 saturated heterocycles. The van der Waals surface area contributed by atoms with E-state index in [0.29, 0.717) is 0 Å². The fourth-order valence-electron chi connectivity index (χ4n) is 8.20. The summed E-state index contributed by atoms with van der Waals surface area (Å²) in [5.74, 6) is 0. The van der Waals surface area contributed by atoms with Gasteiger partial charge in [0.15, 0.2) is 0 Å². The number of furan rings is 1. The van der Waals surface area contributed by atoms with Gasteiger partial charge in [0.25, 0.3) is 0 Å². The van der Waals surface area contributed by atoms with Crippen LogP contribution in [0.1, 0.15) is 0 Å². The van der Waals surface area contributed by atoms with Crippen molar-refractivity contribution in [1.29, 1.82) is 0 Å². The van der Waals surface area contributed by atoms with Crippen molar-refractivity contribution in [3.63, 3.8) is 0 Å². The molecular formula is C50H28OSU. The maximum atomic E-state index is 6.84. The molecule has 2 aromatic heterocycles. The third kappa shape index (κ3) is 5.11. The first kappa shape index (κ1) is 32.2. The standard InChI is InChI=1S/C50H28OS.U/c1-2-12-31(13-3-1)32-22-24-33(25-23-32)47-37-15-4-6-17-39(37)48(40-18-7-5-16-38(40)47)42-28-27-35(50-49(42)41-19-8-10-20-44(41)51-50)34-26-29-46-43(30-34)36-14-9-11-21-45(36)52-46;/h1-12,14-22,24-30H;/q-2;+2. The second kappa shape index (κ2) is 12.9. The van der Waals surface area contributed by atoms with E-state index in [-0.39, 0.29) is 31.1 Å². The number of fused-ring (bicyclic) bond motifs is 8. The molecule has 0 spiro atoms. The summed E-state index contributed by atoms with van der Waals surface area (Å²) < 4.78 is 9.45. The van der Waals surface area contributed by atoms with Gasteiger partial charge in [0, 0.05) is 36.5 Å². The van der Waals surface area contributed by atoms with Crippen LogP contribution in [0, 0.1) is 43.2 Å². The Morgan fingerprint density at radius 3 is 1.75 bits per heavy atom. The zero-order valence-corrected chi connectivity index (χ0v) is 33.5. The summed E-state index contributed by atoms with van der Waals surface area (Å²) in [6.07, 6.45) is 0. The van der Waals surface area contributed by atoms with Crippen molar-refractivity contribution in [3.8, 4) is 44.5 Å². The molecule has 244 valence electrons. The monoisotopic (exact) mass is 914 g/mol. The summed E-state index contributed by atoms with van der Waals surface area (Å²) in [6.45, 7) is 0. The summed E-state index contributed by atoms with van der Waals surface area (Å²) in [6, 6.07) is 67.8. The molecule has 11 rings (SSSR count). The van der Waals surface area contributed by atoms with E-state index in [1.54, 1.807) is 0 Å². The van der Waals surface area contributed by atoms with E-state index in [0.717, 1.165) is 49.8 Å². The zero-order valence-electron chi connectivity index (χ0n) is 28.5. The normalized spacial score (nSPS) is 11.6. The molecule has 0 N–H and O–H groups in total. The molecule has 0 radical (unpaired) electrons. The number of hydrogen-bond acceptors (Lipinski definition) is 2. The van der Waals surface area contributed by atoms with Gasteiger partial charge in [-0.25, -0.2) is 11.1 Å². The Morgan fingerprint density at radius 2 is 1.04 bits per heavy atom. The molecule has 2 heterocycles. The Hall–Kier alpha value is -5.43. The van der Waals surface area contributed by atoms with Gasteiger partial charge in [-0.1, -0.05) is 103 Å². The topological polar surface area (TPSA) is 13.1 Å². The average molecular weight is 915 g/mol. The maximum Gasteiger partial charge on any atom is 2.00 e. The number of para-hydroxylation sites is 1. The minimum Gasteiger partial charge on any atom is -0.455 e.